The third kappa shape index (κ3) is 5.76. The van der Waals surface area contributed by atoms with E-state index in [2.05, 4.69) is 10.6 Å². The fourth-order valence-corrected chi connectivity index (χ4v) is 2.32. The predicted molar refractivity (Wildman–Crippen MR) is 96.8 cm³/mol. The molecule has 0 bridgehead atoms. The smallest absolute Gasteiger partial charge is 0.224 e. The quantitative estimate of drug-likeness (QED) is 0.822. The molecule has 126 valence electrons. The zero-order valence-electron chi connectivity index (χ0n) is 14.1. The second kappa shape index (κ2) is 8.72. The SMILES string of the molecule is CC(=O)Nc1ccc(NCCC(=O)N(C)Cc2ccccc2)cc1. The van der Waals surface area contributed by atoms with E-state index in [0.717, 1.165) is 16.9 Å². The van der Waals surface area contributed by atoms with Crippen molar-refractivity contribution in [1.29, 1.82) is 0 Å². The molecule has 0 aliphatic heterocycles. The number of anilines is 2. The Morgan fingerprint density at radius 3 is 2.21 bits per heavy atom. The Morgan fingerprint density at radius 1 is 0.958 bits per heavy atom. The van der Waals surface area contributed by atoms with Crippen molar-refractivity contribution in [3.8, 4) is 0 Å². The van der Waals surface area contributed by atoms with Gasteiger partial charge in [0.05, 0.1) is 0 Å². The highest BCUT2D eigenvalue weighted by molar-refractivity contribution is 5.88. The van der Waals surface area contributed by atoms with E-state index in [4.69, 9.17) is 0 Å². The first-order valence-electron chi connectivity index (χ1n) is 7.94. The summed E-state index contributed by atoms with van der Waals surface area (Å²) in [5.41, 5.74) is 2.80. The van der Waals surface area contributed by atoms with Crippen molar-refractivity contribution >= 4 is 23.2 Å². The standard InChI is InChI=1S/C19H23N3O2/c1-15(23)21-18-10-8-17(9-11-18)20-13-12-19(24)22(2)14-16-6-4-3-5-7-16/h3-11,20H,12-14H2,1-2H3,(H,21,23). The fraction of sp³-hybridized carbons (Fsp3) is 0.263. The monoisotopic (exact) mass is 325 g/mol. The average molecular weight is 325 g/mol. The van der Waals surface area contributed by atoms with Gasteiger partial charge >= 0.3 is 0 Å². The van der Waals surface area contributed by atoms with E-state index in [9.17, 15) is 9.59 Å². The van der Waals surface area contributed by atoms with Crippen LogP contribution in [0.3, 0.4) is 0 Å². The lowest BCUT2D eigenvalue weighted by Gasteiger charge is -2.17. The van der Waals surface area contributed by atoms with Gasteiger partial charge in [0, 0.05) is 44.9 Å². The Bertz CT molecular complexity index is 669. The van der Waals surface area contributed by atoms with Crippen molar-refractivity contribution in [3.05, 3.63) is 60.2 Å². The summed E-state index contributed by atoms with van der Waals surface area (Å²) in [6.45, 7) is 2.66. The molecular formula is C19H23N3O2. The minimum atomic E-state index is -0.0947. The normalized spacial score (nSPS) is 10.1. The van der Waals surface area contributed by atoms with E-state index in [0.29, 0.717) is 19.5 Å². The molecule has 0 fully saturated rings. The molecule has 2 aromatic rings. The van der Waals surface area contributed by atoms with Crippen LogP contribution in [0.4, 0.5) is 11.4 Å². The van der Waals surface area contributed by atoms with Crippen LogP contribution in [-0.2, 0) is 16.1 Å². The molecule has 0 heterocycles. The van der Waals surface area contributed by atoms with Crippen LogP contribution in [0.2, 0.25) is 0 Å². The Balaban J connectivity index is 1.74. The minimum absolute atomic E-state index is 0.0947. The number of hydrogen-bond donors (Lipinski definition) is 2. The number of benzene rings is 2. The molecule has 24 heavy (non-hydrogen) atoms. The van der Waals surface area contributed by atoms with E-state index in [1.165, 1.54) is 6.92 Å². The maximum absolute atomic E-state index is 12.2. The van der Waals surface area contributed by atoms with E-state index in [-0.39, 0.29) is 11.8 Å². The van der Waals surface area contributed by atoms with Crippen LogP contribution in [-0.4, -0.2) is 30.3 Å². The Labute approximate surface area is 142 Å². The Kier molecular flexibility index (Phi) is 6.37. The van der Waals surface area contributed by atoms with Gasteiger partial charge in [-0.05, 0) is 29.8 Å². The zero-order valence-corrected chi connectivity index (χ0v) is 14.1. The van der Waals surface area contributed by atoms with Gasteiger partial charge in [-0.3, -0.25) is 9.59 Å². The lowest BCUT2D eigenvalue weighted by atomic mass is 10.2. The van der Waals surface area contributed by atoms with E-state index in [1.54, 1.807) is 4.90 Å². The number of nitrogens with one attached hydrogen (secondary N) is 2. The zero-order chi connectivity index (χ0) is 17.4. The summed E-state index contributed by atoms with van der Waals surface area (Å²) in [6.07, 6.45) is 0.427. The summed E-state index contributed by atoms with van der Waals surface area (Å²) < 4.78 is 0. The number of nitrogens with zero attached hydrogens (tertiary/aromatic N) is 1. The minimum Gasteiger partial charge on any atom is -0.385 e. The van der Waals surface area contributed by atoms with Gasteiger partial charge in [-0.1, -0.05) is 30.3 Å². The first-order valence-corrected chi connectivity index (χ1v) is 7.94. The van der Waals surface area contributed by atoms with Gasteiger partial charge in [-0.2, -0.15) is 0 Å². The first-order chi connectivity index (χ1) is 11.5. The maximum atomic E-state index is 12.2. The van der Waals surface area contributed by atoms with Gasteiger partial charge in [-0.25, -0.2) is 0 Å². The number of amides is 2. The molecule has 0 aromatic heterocycles. The molecule has 0 atom stereocenters. The number of carbonyl (C=O) groups excluding carboxylic acids is 2. The lowest BCUT2D eigenvalue weighted by molar-refractivity contribution is -0.130. The number of carbonyl (C=O) groups is 2. The third-order valence-electron chi connectivity index (χ3n) is 3.56. The van der Waals surface area contributed by atoms with Gasteiger partial charge in [0.2, 0.25) is 11.8 Å². The summed E-state index contributed by atoms with van der Waals surface area (Å²) in [6, 6.07) is 17.3. The molecule has 0 radical (unpaired) electrons. The van der Waals surface area contributed by atoms with Crippen LogP contribution in [0.25, 0.3) is 0 Å². The molecule has 0 aliphatic carbocycles. The number of hydrogen-bond acceptors (Lipinski definition) is 3. The van der Waals surface area contributed by atoms with Crippen molar-refractivity contribution in [3.63, 3.8) is 0 Å². The van der Waals surface area contributed by atoms with Crippen molar-refractivity contribution in [2.75, 3.05) is 24.2 Å². The summed E-state index contributed by atoms with van der Waals surface area (Å²) in [5, 5.41) is 5.93. The van der Waals surface area contributed by atoms with E-state index >= 15 is 0 Å². The molecule has 2 aromatic carbocycles. The molecule has 2 amide bonds. The second-order valence-corrected chi connectivity index (χ2v) is 5.67. The van der Waals surface area contributed by atoms with Gasteiger partial charge in [-0.15, -0.1) is 0 Å². The van der Waals surface area contributed by atoms with Gasteiger partial charge in [0.1, 0.15) is 0 Å². The van der Waals surface area contributed by atoms with Crippen molar-refractivity contribution in [2.24, 2.45) is 0 Å². The van der Waals surface area contributed by atoms with Crippen LogP contribution in [0.1, 0.15) is 18.9 Å². The summed E-state index contributed by atoms with van der Waals surface area (Å²) >= 11 is 0. The van der Waals surface area contributed by atoms with Crippen LogP contribution in [0.15, 0.2) is 54.6 Å². The average Bonchev–Trinajstić information content (AvgIpc) is 2.56. The predicted octanol–water partition coefficient (Wildman–Crippen LogP) is 3.11. The van der Waals surface area contributed by atoms with Gasteiger partial charge in [0.15, 0.2) is 0 Å². The Morgan fingerprint density at radius 2 is 1.58 bits per heavy atom. The van der Waals surface area contributed by atoms with Crippen LogP contribution in [0.5, 0.6) is 0 Å². The van der Waals surface area contributed by atoms with Crippen LogP contribution >= 0.6 is 0 Å². The lowest BCUT2D eigenvalue weighted by Crippen LogP contribution is -2.27. The molecule has 5 nitrogen and oxygen atoms in total. The molecule has 0 aliphatic rings. The largest absolute Gasteiger partial charge is 0.385 e. The molecule has 2 N–H and O–H groups in total. The molecule has 0 spiro atoms. The second-order valence-electron chi connectivity index (χ2n) is 5.67. The maximum Gasteiger partial charge on any atom is 0.224 e. The third-order valence-corrected chi connectivity index (χ3v) is 3.56. The highest BCUT2D eigenvalue weighted by atomic mass is 16.2. The molecule has 5 heteroatoms. The Hall–Kier alpha value is -2.82. The van der Waals surface area contributed by atoms with Gasteiger partial charge in [0.25, 0.3) is 0 Å². The fourth-order valence-electron chi connectivity index (χ4n) is 2.32. The molecule has 0 unspecified atom stereocenters. The van der Waals surface area contributed by atoms with E-state index in [1.807, 2.05) is 61.6 Å². The van der Waals surface area contributed by atoms with Crippen LogP contribution in [0, 0.1) is 0 Å². The van der Waals surface area contributed by atoms with Crippen molar-refractivity contribution in [1.82, 2.24) is 4.90 Å². The molecule has 0 saturated carbocycles. The summed E-state index contributed by atoms with van der Waals surface area (Å²) in [5.74, 6) is 0.00368. The first kappa shape index (κ1) is 17.5. The van der Waals surface area contributed by atoms with Crippen molar-refractivity contribution < 1.29 is 9.59 Å². The molecule has 0 saturated heterocycles. The molecule has 2 rings (SSSR count). The van der Waals surface area contributed by atoms with Gasteiger partial charge < -0.3 is 15.5 Å². The molecular weight excluding hydrogens is 302 g/mol. The number of rotatable bonds is 7. The van der Waals surface area contributed by atoms with Crippen LogP contribution < -0.4 is 10.6 Å². The summed E-state index contributed by atoms with van der Waals surface area (Å²) in [7, 11) is 1.82. The van der Waals surface area contributed by atoms with E-state index < -0.39 is 0 Å². The summed E-state index contributed by atoms with van der Waals surface area (Å²) in [4.78, 5) is 24.9. The highest BCUT2D eigenvalue weighted by Gasteiger charge is 2.08. The van der Waals surface area contributed by atoms with Crippen molar-refractivity contribution in [2.45, 2.75) is 19.9 Å². The highest BCUT2D eigenvalue weighted by Crippen LogP contribution is 2.13. The topological polar surface area (TPSA) is 61.4 Å².